The zero-order valence-electron chi connectivity index (χ0n) is 18.2. The van der Waals surface area contributed by atoms with E-state index in [1.54, 1.807) is 37.3 Å². The van der Waals surface area contributed by atoms with Crippen molar-refractivity contribution >= 4 is 31.6 Å². The zero-order valence-corrected chi connectivity index (χ0v) is 19.8. The van der Waals surface area contributed by atoms with Gasteiger partial charge < -0.3 is 5.32 Å². The molecule has 0 aromatic heterocycles. The molecule has 3 aromatic rings. The number of nitrogens with one attached hydrogen (secondary N) is 3. The van der Waals surface area contributed by atoms with Crippen LogP contribution in [0.1, 0.15) is 21.5 Å². The summed E-state index contributed by atoms with van der Waals surface area (Å²) in [5.41, 5.74) is 2.11. The van der Waals surface area contributed by atoms with Gasteiger partial charge in [-0.1, -0.05) is 30.3 Å². The van der Waals surface area contributed by atoms with Crippen molar-refractivity contribution in [2.24, 2.45) is 0 Å². The molecular formula is C23H25N3O5S2. The highest BCUT2D eigenvalue weighted by atomic mass is 32.2. The molecule has 33 heavy (non-hydrogen) atoms. The van der Waals surface area contributed by atoms with E-state index >= 15 is 0 Å². The highest BCUT2D eigenvalue weighted by molar-refractivity contribution is 7.92. The van der Waals surface area contributed by atoms with E-state index in [1.165, 1.54) is 36.4 Å². The summed E-state index contributed by atoms with van der Waals surface area (Å²) in [5.74, 6) is -0.404. The maximum Gasteiger partial charge on any atom is 0.261 e. The van der Waals surface area contributed by atoms with E-state index in [9.17, 15) is 21.6 Å². The first-order chi connectivity index (χ1) is 15.6. The average molecular weight is 488 g/mol. The molecule has 0 heterocycles. The highest BCUT2D eigenvalue weighted by Crippen LogP contribution is 2.17. The van der Waals surface area contributed by atoms with Crippen molar-refractivity contribution in [3.05, 3.63) is 89.5 Å². The molecule has 0 spiro atoms. The van der Waals surface area contributed by atoms with E-state index in [0.717, 1.165) is 5.56 Å². The normalized spacial score (nSPS) is 11.7. The van der Waals surface area contributed by atoms with Gasteiger partial charge in [0.1, 0.15) is 0 Å². The van der Waals surface area contributed by atoms with Gasteiger partial charge in [-0.3, -0.25) is 9.52 Å². The second-order valence-electron chi connectivity index (χ2n) is 7.42. The van der Waals surface area contributed by atoms with Crippen LogP contribution in [0.15, 0.2) is 82.6 Å². The Kier molecular flexibility index (Phi) is 7.52. The van der Waals surface area contributed by atoms with Gasteiger partial charge in [-0.25, -0.2) is 21.6 Å². The van der Waals surface area contributed by atoms with E-state index in [4.69, 9.17) is 0 Å². The number of aryl methyl sites for hydroxylation is 2. The molecule has 174 valence electrons. The topological polar surface area (TPSA) is 121 Å². The fourth-order valence-electron chi connectivity index (χ4n) is 3.04. The minimum Gasteiger partial charge on any atom is -0.351 e. The third kappa shape index (κ3) is 6.41. The second kappa shape index (κ2) is 10.2. The minimum atomic E-state index is -3.72. The summed E-state index contributed by atoms with van der Waals surface area (Å²) in [6.45, 7) is 3.65. The number of sulfonamides is 2. The number of carbonyl (C=O) groups is 1. The van der Waals surface area contributed by atoms with Crippen LogP contribution in [0.5, 0.6) is 0 Å². The Morgan fingerprint density at radius 2 is 1.45 bits per heavy atom. The summed E-state index contributed by atoms with van der Waals surface area (Å²) in [4.78, 5) is 12.7. The summed E-state index contributed by atoms with van der Waals surface area (Å²) < 4.78 is 54.7. The first kappa shape index (κ1) is 24.4. The van der Waals surface area contributed by atoms with E-state index in [-0.39, 0.29) is 22.9 Å². The zero-order chi connectivity index (χ0) is 24.1. The largest absolute Gasteiger partial charge is 0.351 e. The van der Waals surface area contributed by atoms with Gasteiger partial charge in [0.25, 0.3) is 15.9 Å². The lowest BCUT2D eigenvalue weighted by atomic mass is 10.2. The molecule has 8 nitrogen and oxygen atoms in total. The summed E-state index contributed by atoms with van der Waals surface area (Å²) in [5, 5.41) is 2.64. The number of hydrogen-bond acceptors (Lipinski definition) is 5. The number of hydrogen-bond donors (Lipinski definition) is 3. The van der Waals surface area contributed by atoms with Crippen molar-refractivity contribution < 1.29 is 21.6 Å². The van der Waals surface area contributed by atoms with Gasteiger partial charge in [-0.05, 0) is 67.4 Å². The van der Waals surface area contributed by atoms with E-state index in [0.29, 0.717) is 16.8 Å². The molecule has 0 aliphatic carbocycles. The van der Waals surface area contributed by atoms with Gasteiger partial charge in [0.15, 0.2) is 0 Å². The predicted octanol–water partition coefficient (Wildman–Crippen LogP) is 2.81. The molecule has 3 N–H and O–H groups in total. The summed E-state index contributed by atoms with van der Waals surface area (Å²) in [6.07, 6.45) is 0. The predicted molar refractivity (Wildman–Crippen MR) is 127 cm³/mol. The van der Waals surface area contributed by atoms with Crippen molar-refractivity contribution in [3.63, 3.8) is 0 Å². The summed E-state index contributed by atoms with van der Waals surface area (Å²) in [7, 11) is -7.41. The summed E-state index contributed by atoms with van der Waals surface area (Å²) in [6, 6.07) is 19.1. The van der Waals surface area contributed by atoms with Gasteiger partial charge in [-0.2, -0.15) is 0 Å². The van der Waals surface area contributed by atoms with Crippen LogP contribution in [-0.4, -0.2) is 35.8 Å². The maximum atomic E-state index is 12.5. The molecule has 0 fully saturated rings. The first-order valence-corrected chi connectivity index (χ1v) is 13.1. The lowest BCUT2D eigenvalue weighted by Gasteiger charge is -2.11. The molecule has 10 heteroatoms. The molecule has 3 rings (SSSR count). The number of benzene rings is 3. The highest BCUT2D eigenvalue weighted by Gasteiger charge is 2.17. The van der Waals surface area contributed by atoms with Crippen molar-refractivity contribution in [3.8, 4) is 0 Å². The third-order valence-electron chi connectivity index (χ3n) is 4.79. The SMILES string of the molecule is Cc1ccc(C)c(S(=O)(=O)NCCNC(=O)c2ccc(NS(=O)(=O)c3ccccc3)cc2)c1. The van der Waals surface area contributed by atoms with Crippen molar-refractivity contribution in [2.75, 3.05) is 17.8 Å². The van der Waals surface area contributed by atoms with Gasteiger partial charge >= 0.3 is 0 Å². The molecule has 0 saturated heterocycles. The van der Waals surface area contributed by atoms with Gasteiger partial charge in [-0.15, -0.1) is 0 Å². The number of anilines is 1. The van der Waals surface area contributed by atoms with Crippen molar-refractivity contribution in [1.29, 1.82) is 0 Å². The van der Waals surface area contributed by atoms with Crippen LogP contribution in [0.4, 0.5) is 5.69 Å². The molecule has 0 unspecified atom stereocenters. The number of rotatable bonds is 9. The van der Waals surface area contributed by atoms with Crippen LogP contribution >= 0.6 is 0 Å². The van der Waals surface area contributed by atoms with Crippen LogP contribution in [0, 0.1) is 13.8 Å². The molecule has 0 saturated carbocycles. The van der Waals surface area contributed by atoms with Crippen molar-refractivity contribution in [1.82, 2.24) is 10.0 Å². The first-order valence-electron chi connectivity index (χ1n) is 10.1. The fourth-order valence-corrected chi connectivity index (χ4v) is 5.48. The van der Waals surface area contributed by atoms with Crippen LogP contribution in [0.25, 0.3) is 0 Å². The minimum absolute atomic E-state index is 0.0242. The Balaban J connectivity index is 1.53. The molecular weight excluding hydrogens is 462 g/mol. The maximum absolute atomic E-state index is 12.5. The standard InChI is InChI=1S/C23H25N3O5S2/c1-17-8-9-18(2)22(16-17)33(30,31)25-15-14-24-23(27)19-10-12-20(13-11-19)26-32(28,29)21-6-4-3-5-7-21/h3-13,16,25-26H,14-15H2,1-2H3,(H,24,27). The molecule has 0 aliphatic heterocycles. The second-order valence-corrected chi connectivity index (χ2v) is 10.8. The Hall–Kier alpha value is -3.21. The monoisotopic (exact) mass is 487 g/mol. The fraction of sp³-hybridized carbons (Fsp3) is 0.174. The third-order valence-corrected chi connectivity index (χ3v) is 7.79. The lowest BCUT2D eigenvalue weighted by Crippen LogP contribution is -2.35. The van der Waals surface area contributed by atoms with Crippen LogP contribution in [0.3, 0.4) is 0 Å². The van der Waals surface area contributed by atoms with Gasteiger partial charge in [0, 0.05) is 24.3 Å². The average Bonchev–Trinajstić information content (AvgIpc) is 2.79. The Morgan fingerprint density at radius 3 is 2.12 bits per heavy atom. The van der Waals surface area contributed by atoms with Gasteiger partial charge in [0.05, 0.1) is 9.79 Å². The lowest BCUT2D eigenvalue weighted by molar-refractivity contribution is 0.0954. The smallest absolute Gasteiger partial charge is 0.261 e. The molecule has 0 bridgehead atoms. The molecule has 0 aliphatic rings. The molecule has 3 aromatic carbocycles. The molecule has 0 atom stereocenters. The van der Waals surface area contributed by atoms with Crippen LogP contribution in [0.2, 0.25) is 0 Å². The van der Waals surface area contributed by atoms with Crippen molar-refractivity contribution in [2.45, 2.75) is 23.6 Å². The van der Waals surface area contributed by atoms with E-state index < -0.39 is 26.0 Å². The van der Waals surface area contributed by atoms with E-state index in [1.807, 2.05) is 13.0 Å². The number of carbonyl (C=O) groups excluding carboxylic acids is 1. The molecule has 0 radical (unpaired) electrons. The Morgan fingerprint density at radius 1 is 0.788 bits per heavy atom. The van der Waals surface area contributed by atoms with E-state index in [2.05, 4.69) is 14.8 Å². The summed E-state index contributed by atoms with van der Waals surface area (Å²) >= 11 is 0. The number of amides is 1. The van der Waals surface area contributed by atoms with Crippen LogP contribution < -0.4 is 14.8 Å². The van der Waals surface area contributed by atoms with Crippen LogP contribution in [-0.2, 0) is 20.0 Å². The molecule has 1 amide bonds. The Bertz CT molecular complexity index is 1340. The van der Waals surface area contributed by atoms with Gasteiger partial charge in [0.2, 0.25) is 10.0 Å². The quantitative estimate of drug-likeness (QED) is 0.401. The Labute approximate surface area is 194 Å².